The lowest BCUT2D eigenvalue weighted by molar-refractivity contribution is -0.119. The van der Waals surface area contributed by atoms with E-state index in [4.69, 9.17) is 15.2 Å². The van der Waals surface area contributed by atoms with Crippen LogP contribution in [0.3, 0.4) is 0 Å². The van der Waals surface area contributed by atoms with Gasteiger partial charge in [0.1, 0.15) is 11.6 Å². The van der Waals surface area contributed by atoms with Crippen LogP contribution in [0.4, 0.5) is 0 Å². The minimum Gasteiger partial charge on any atom is -0.493 e. The Morgan fingerprint density at radius 3 is 2.62 bits per heavy atom. The molecule has 1 aromatic carbocycles. The summed E-state index contributed by atoms with van der Waals surface area (Å²) in [5, 5.41) is 9.28. The smallest absolute Gasteiger partial charge is 0.266 e. The van der Waals surface area contributed by atoms with Gasteiger partial charge in [0.05, 0.1) is 7.11 Å². The lowest BCUT2D eigenvalue weighted by Crippen LogP contribution is -2.20. The molecule has 24 heavy (non-hydrogen) atoms. The molecule has 7 nitrogen and oxygen atoms in total. The number of aryl methyl sites for hydroxylation is 1. The summed E-state index contributed by atoms with van der Waals surface area (Å²) in [6, 6.07) is 6.82. The van der Waals surface area contributed by atoms with Crippen molar-refractivity contribution in [2.75, 3.05) is 13.7 Å². The average Bonchev–Trinajstić information content (AvgIpc) is 2.52. The molecule has 2 rings (SSSR count). The number of nitriles is 1. The minimum atomic E-state index is -0.616. The average molecular weight is 392 g/mol. The molecule has 0 unspecified atom stereocenters. The van der Waals surface area contributed by atoms with E-state index < -0.39 is 11.5 Å². The Morgan fingerprint density at radius 2 is 2.04 bits per heavy atom. The van der Waals surface area contributed by atoms with E-state index in [0.29, 0.717) is 32.8 Å². The van der Waals surface area contributed by atoms with E-state index in [9.17, 15) is 14.9 Å². The fourth-order valence-corrected chi connectivity index (χ4v) is 2.71. The highest BCUT2D eigenvalue weighted by Gasteiger charge is 2.17. The molecule has 1 amide bonds. The lowest BCUT2D eigenvalue weighted by atomic mass is 10.0. The maximum atomic E-state index is 12.0. The molecule has 3 N–H and O–H groups in total. The normalized spacial score (nSPS) is 10.1. The van der Waals surface area contributed by atoms with Crippen LogP contribution in [0.5, 0.6) is 11.5 Å². The number of aromatic amines is 1. The lowest BCUT2D eigenvalue weighted by Gasteiger charge is -2.14. The predicted molar refractivity (Wildman–Crippen MR) is 90.9 cm³/mol. The number of halogens is 1. The number of rotatable bonds is 5. The van der Waals surface area contributed by atoms with Gasteiger partial charge in [-0.15, -0.1) is 0 Å². The Morgan fingerprint density at radius 1 is 1.33 bits per heavy atom. The highest BCUT2D eigenvalue weighted by atomic mass is 79.9. The van der Waals surface area contributed by atoms with E-state index in [2.05, 4.69) is 20.9 Å². The summed E-state index contributed by atoms with van der Waals surface area (Å²) < 4.78 is 11.1. The van der Waals surface area contributed by atoms with Crippen molar-refractivity contribution < 1.29 is 14.3 Å². The number of carbonyl (C=O) groups is 1. The van der Waals surface area contributed by atoms with Crippen molar-refractivity contribution in [3.63, 3.8) is 0 Å². The van der Waals surface area contributed by atoms with Crippen LogP contribution in [0.25, 0.3) is 11.1 Å². The van der Waals surface area contributed by atoms with Gasteiger partial charge in [-0.1, -0.05) is 15.9 Å². The Hall–Kier alpha value is -2.79. The van der Waals surface area contributed by atoms with Crippen molar-refractivity contribution in [1.29, 1.82) is 5.26 Å². The van der Waals surface area contributed by atoms with Crippen LogP contribution in [-0.4, -0.2) is 24.6 Å². The highest BCUT2D eigenvalue weighted by molar-refractivity contribution is 9.10. The van der Waals surface area contributed by atoms with E-state index in [1.807, 2.05) is 6.07 Å². The van der Waals surface area contributed by atoms with Gasteiger partial charge in [-0.3, -0.25) is 9.59 Å². The zero-order chi connectivity index (χ0) is 17.9. The standard InChI is InChI=1S/C16H14BrN3O4/c1-8-3-9(11(6-18)16(22)20-8)10-4-13(23-2)14(5-12(10)17)24-7-15(19)21/h3-5H,7H2,1-2H3,(H2,19,21)(H,20,22). The predicted octanol–water partition coefficient (Wildman–Crippen LogP) is 1.86. The first-order valence-electron chi connectivity index (χ1n) is 6.80. The van der Waals surface area contributed by atoms with E-state index >= 15 is 0 Å². The maximum Gasteiger partial charge on any atom is 0.266 e. The highest BCUT2D eigenvalue weighted by Crippen LogP contribution is 2.39. The molecule has 0 saturated carbocycles. The summed E-state index contributed by atoms with van der Waals surface area (Å²) in [5.74, 6) is 0.0394. The zero-order valence-electron chi connectivity index (χ0n) is 13.0. The maximum absolute atomic E-state index is 12.0. The quantitative estimate of drug-likeness (QED) is 0.805. The van der Waals surface area contributed by atoms with Gasteiger partial charge in [0.15, 0.2) is 18.1 Å². The first kappa shape index (κ1) is 17.6. The van der Waals surface area contributed by atoms with Crippen LogP contribution in [0, 0.1) is 18.3 Å². The number of hydrogen-bond donors (Lipinski definition) is 2. The fourth-order valence-electron chi connectivity index (χ4n) is 2.17. The zero-order valence-corrected chi connectivity index (χ0v) is 14.6. The number of primary amides is 1. The molecule has 0 bridgehead atoms. The van der Waals surface area contributed by atoms with Gasteiger partial charge in [0.25, 0.3) is 11.5 Å². The molecular weight excluding hydrogens is 378 g/mol. The molecule has 0 aliphatic rings. The molecule has 8 heteroatoms. The summed E-state index contributed by atoms with van der Waals surface area (Å²) in [5.41, 5.74) is 6.27. The van der Waals surface area contributed by atoms with E-state index in [1.54, 1.807) is 25.1 Å². The topological polar surface area (TPSA) is 118 Å². The molecule has 0 saturated heterocycles. The first-order chi connectivity index (χ1) is 11.4. The summed E-state index contributed by atoms with van der Waals surface area (Å²) in [6.45, 7) is 1.43. The van der Waals surface area contributed by atoms with E-state index in [0.717, 1.165) is 0 Å². The Balaban J connectivity index is 2.63. The van der Waals surface area contributed by atoms with Crippen LogP contribution in [0.1, 0.15) is 11.3 Å². The van der Waals surface area contributed by atoms with Gasteiger partial charge in [-0.25, -0.2) is 0 Å². The molecular formula is C16H14BrN3O4. The van der Waals surface area contributed by atoms with Gasteiger partial charge in [0.2, 0.25) is 0 Å². The van der Waals surface area contributed by atoms with Gasteiger partial charge < -0.3 is 20.2 Å². The first-order valence-corrected chi connectivity index (χ1v) is 7.59. The molecule has 1 aromatic heterocycles. The van der Waals surface area contributed by atoms with Crippen molar-refractivity contribution in [2.45, 2.75) is 6.92 Å². The van der Waals surface area contributed by atoms with Crippen LogP contribution in [0.15, 0.2) is 27.5 Å². The fraction of sp³-hybridized carbons (Fsp3) is 0.188. The number of benzene rings is 1. The van der Waals surface area contributed by atoms with Crippen molar-refractivity contribution in [1.82, 2.24) is 4.98 Å². The third kappa shape index (κ3) is 3.58. The molecule has 124 valence electrons. The summed E-state index contributed by atoms with van der Waals surface area (Å²) in [4.78, 5) is 25.4. The number of nitrogens with zero attached hydrogens (tertiary/aromatic N) is 1. The Labute approximate surface area is 146 Å². The minimum absolute atomic E-state index is 0.00541. The van der Waals surface area contributed by atoms with Crippen LogP contribution in [-0.2, 0) is 4.79 Å². The number of hydrogen-bond acceptors (Lipinski definition) is 5. The second-order valence-corrected chi connectivity index (χ2v) is 5.77. The number of amides is 1. The van der Waals surface area contributed by atoms with Gasteiger partial charge >= 0.3 is 0 Å². The number of nitrogens with two attached hydrogens (primary N) is 1. The summed E-state index contributed by atoms with van der Waals surface area (Å²) >= 11 is 3.39. The second-order valence-electron chi connectivity index (χ2n) is 4.92. The van der Waals surface area contributed by atoms with Gasteiger partial charge in [-0.2, -0.15) is 5.26 Å². The molecule has 0 radical (unpaired) electrons. The van der Waals surface area contributed by atoms with E-state index in [-0.39, 0.29) is 12.2 Å². The van der Waals surface area contributed by atoms with Crippen LogP contribution < -0.4 is 20.8 Å². The largest absolute Gasteiger partial charge is 0.493 e. The molecule has 0 fully saturated rings. The van der Waals surface area contributed by atoms with Crippen molar-refractivity contribution in [2.24, 2.45) is 5.73 Å². The number of H-pyrrole nitrogens is 1. The summed E-state index contributed by atoms with van der Waals surface area (Å²) in [6.07, 6.45) is 0. The Bertz CT molecular complexity index is 899. The van der Waals surface area contributed by atoms with Crippen molar-refractivity contribution in [3.05, 3.63) is 44.3 Å². The van der Waals surface area contributed by atoms with Crippen LogP contribution in [0.2, 0.25) is 0 Å². The number of ether oxygens (including phenoxy) is 2. The molecule has 1 heterocycles. The third-order valence-electron chi connectivity index (χ3n) is 3.19. The van der Waals surface area contributed by atoms with Crippen LogP contribution >= 0.6 is 15.9 Å². The third-order valence-corrected chi connectivity index (χ3v) is 3.85. The molecule has 2 aromatic rings. The molecule has 0 spiro atoms. The number of carbonyl (C=O) groups excluding carboxylic acids is 1. The second kappa shape index (κ2) is 7.19. The van der Waals surface area contributed by atoms with Crippen molar-refractivity contribution in [3.8, 4) is 28.7 Å². The number of nitrogens with one attached hydrogen (secondary N) is 1. The van der Waals surface area contributed by atoms with Crippen molar-refractivity contribution >= 4 is 21.8 Å². The number of methoxy groups -OCH3 is 1. The van der Waals surface area contributed by atoms with E-state index in [1.165, 1.54) is 7.11 Å². The van der Waals surface area contributed by atoms with Gasteiger partial charge in [0, 0.05) is 21.3 Å². The summed E-state index contributed by atoms with van der Waals surface area (Å²) in [7, 11) is 1.44. The van der Waals surface area contributed by atoms with Gasteiger partial charge in [-0.05, 0) is 25.1 Å². The SMILES string of the molecule is COc1cc(-c2cc(C)[nH]c(=O)c2C#N)c(Br)cc1OCC(N)=O. The molecule has 0 aliphatic heterocycles. The molecule has 0 atom stereocenters. The Kier molecular flexibility index (Phi) is 5.26. The monoisotopic (exact) mass is 391 g/mol. The number of aromatic nitrogens is 1. The molecule has 0 aliphatic carbocycles. The number of pyridine rings is 1.